The molecule has 1 heterocycles. The monoisotopic (exact) mass is 441 g/mol. The van der Waals surface area contributed by atoms with Crippen molar-refractivity contribution in [2.75, 3.05) is 26.2 Å². The molecule has 1 aliphatic rings. The normalized spacial score (nSPS) is 17.9. The van der Waals surface area contributed by atoms with E-state index in [4.69, 9.17) is 0 Å². The van der Waals surface area contributed by atoms with Crippen LogP contribution in [0.1, 0.15) is 31.0 Å². The average molecular weight is 441 g/mol. The molecule has 1 saturated heterocycles. The van der Waals surface area contributed by atoms with E-state index in [1.807, 2.05) is 13.8 Å². The molecular formula is C23H24FN3O5. The van der Waals surface area contributed by atoms with Crippen molar-refractivity contribution in [1.82, 2.24) is 9.80 Å². The summed E-state index contributed by atoms with van der Waals surface area (Å²) in [4.78, 5) is 39.8. The summed E-state index contributed by atoms with van der Waals surface area (Å²) in [5, 5.41) is 21.9. The number of carbonyl (C=O) groups is 2. The quantitative estimate of drug-likeness (QED) is 0.221. The smallest absolute Gasteiger partial charge is 0.295 e. The summed E-state index contributed by atoms with van der Waals surface area (Å²) in [7, 11) is 0. The first-order chi connectivity index (χ1) is 15.3. The van der Waals surface area contributed by atoms with Crippen LogP contribution in [0.25, 0.3) is 5.76 Å². The van der Waals surface area contributed by atoms with Gasteiger partial charge in [0.2, 0.25) is 0 Å². The van der Waals surface area contributed by atoms with Gasteiger partial charge in [0.05, 0.1) is 16.5 Å². The van der Waals surface area contributed by atoms with Gasteiger partial charge in [-0.15, -0.1) is 0 Å². The van der Waals surface area contributed by atoms with Gasteiger partial charge in [0, 0.05) is 30.8 Å². The highest BCUT2D eigenvalue weighted by Crippen LogP contribution is 2.39. The minimum Gasteiger partial charge on any atom is -0.507 e. The first-order valence-corrected chi connectivity index (χ1v) is 10.3. The number of carbonyl (C=O) groups excluding carboxylic acids is 2. The van der Waals surface area contributed by atoms with Gasteiger partial charge in [-0.25, -0.2) is 4.39 Å². The van der Waals surface area contributed by atoms with Crippen LogP contribution < -0.4 is 0 Å². The molecule has 0 saturated carbocycles. The third kappa shape index (κ3) is 4.52. The molecule has 1 unspecified atom stereocenters. The fourth-order valence-corrected chi connectivity index (χ4v) is 3.79. The molecule has 1 amide bonds. The van der Waals surface area contributed by atoms with E-state index in [0.29, 0.717) is 12.1 Å². The van der Waals surface area contributed by atoms with Gasteiger partial charge in [-0.05, 0) is 55.1 Å². The predicted molar refractivity (Wildman–Crippen MR) is 116 cm³/mol. The zero-order valence-electron chi connectivity index (χ0n) is 17.8. The van der Waals surface area contributed by atoms with Crippen LogP contribution in [0.4, 0.5) is 10.1 Å². The second-order valence-electron chi connectivity index (χ2n) is 7.37. The Labute approximate surface area is 184 Å². The number of nitrogens with zero attached hydrogens (tertiary/aromatic N) is 3. The Hall–Kier alpha value is -3.59. The van der Waals surface area contributed by atoms with Crippen LogP contribution in [-0.4, -0.2) is 57.7 Å². The van der Waals surface area contributed by atoms with Gasteiger partial charge in [-0.1, -0.05) is 13.8 Å². The third-order valence-corrected chi connectivity index (χ3v) is 5.63. The molecule has 0 aromatic heterocycles. The number of benzene rings is 2. The SMILES string of the molecule is CCN(CC)CCN1C(=O)C(=O)C(=C(O)c2ccc(F)cc2)C1c1ccc([N+](=O)[O-])cc1. The number of amides is 1. The van der Waals surface area contributed by atoms with Crippen molar-refractivity contribution < 1.29 is 24.0 Å². The number of Topliss-reactive ketones (excluding diaryl/α,β-unsaturated/α-hetero) is 1. The van der Waals surface area contributed by atoms with E-state index >= 15 is 0 Å². The molecule has 1 aliphatic heterocycles. The molecule has 9 heteroatoms. The fraction of sp³-hybridized carbons (Fsp3) is 0.304. The fourth-order valence-electron chi connectivity index (χ4n) is 3.79. The van der Waals surface area contributed by atoms with Crippen LogP contribution in [0.5, 0.6) is 0 Å². The van der Waals surface area contributed by atoms with Crippen molar-refractivity contribution in [2.24, 2.45) is 0 Å². The van der Waals surface area contributed by atoms with Crippen LogP contribution in [0.2, 0.25) is 0 Å². The maximum atomic E-state index is 13.3. The van der Waals surface area contributed by atoms with Gasteiger partial charge < -0.3 is 14.9 Å². The number of ketones is 1. The molecule has 0 aliphatic carbocycles. The number of likely N-dealkylation sites (N-methyl/N-ethyl adjacent to an activating group) is 1. The molecule has 32 heavy (non-hydrogen) atoms. The molecule has 2 aromatic carbocycles. The molecule has 1 N–H and O–H groups in total. The van der Waals surface area contributed by atoms with E-state index in [9.17, 15) is 29.2 Å². The maximum Gasteiger partial charge on any atom is 0.295 e. The number of aliphatic hydroxyl groups is 1. The maximum absolute atomic E-state index is 13.3. The molecule has 3 rings (SSSR count). The highest BCUT2D eigenvalue weighted by molar-refractivity contribution is 6.46. The molecule has 168 valence electrons. The zero-order valence-corrected chi connectivity index (χ0v) is 17.8. The lowest BCUT2D eigenvalue weighted by atomic mass is 9.95. The number of nitro groups is 1. The van der Waals surface area contributed by atoms with E-state index in [1.165, 1.54) is 41.3 Å². The van der Waals surface area contributed by atoms with Crippen LogP contribution in [0.15, 0.2) is 54.1 Å². The first-order valence-electron chi connectivity index (χ1n) is 10.3. The molecule has 2 aromatic rings. The van der Waals surface area contributed by atoms with Gasteiger partial charge in [-0.2, -0.15) is 0 Å². The Kier molecular flexibility index (Phi) is 6.99. The predicted octanol–water partition coefficient (Wildman–Crippen LogP) is 3.50. The molecular weight excluding hydrogens is 417 g/mol. The van der Waals surface area contributed by atoms with E-state index < -0.39 is 34.2 Å². The first kappa shape index (κ1) is 23.1. The number of non-ortho nitro benzene ring substituents is 1. The summed E-state index contributed by atoms with van der Waals surface area (Å²) in [6.45, 7) is 6.24. The number of halogens is 1. The Morgan fingerprint density at radius 3 is 2.22 bits per heavy atom. The highest BCUT2D eigenvalue weighted by atomic mass is 19.1. The number of hydrogen-bond donors (Lipinski definition) is 1. The molecule has 1 atom stereocenters. The van der Waals surface area contributed by atoms with Gasteiger partial charge in [0.25, 0.3) is 17.4 Å². The van der Waals surface area contributed by atoms with Crippen molar-refractivity contribution in [3.05, 3.63) is 81.2 Å². The summed E-state index contributed by atoms with van der Waals surface area (Å²) < 4.78 is 13.3. The lowest BCUT2D eigenvalue weighted by molar-refractivity contribution is -0.384. The van der Waals surface area contributed by atoms with E-state index in [-0.39, 0.29) is 23.4 Å². The van der Waals surface area contributed by atoms with E-state index in [0.717, 1.165) is 25.2 Å². The van der Waals surface area contributed by atoms with Crippen LogP contribution >= 0.6 is 0 Å². The topological polar surface area (TPSA) is 104 Å². The summed E-state index contributed by atoms with van der Waals surface area (Å²) >= 11 is 0. The number of likely N-dealkylation sites (tertiary alicyclic amines) is 1. The second-order valence-corrected chi connectivity index (χ2v) is 7.37. The van der Waals surface area contributed by atoms with Crippen molar-refractivity contribution >= 4 is 23.1 Å². The Bertz CT molecular complexity index is 1050. The minimum absolute atomic E-state index is 0.130. The number of aliphatic hydroxyl groups excluding tert-OH is 1. The Morgan fingerprint density at radius 1 is 1.09 bits per heavy atom. The molecule has 1 fully saturated rings. The summed E-state index contributed by atoms with van der Waals surface area (Å²) in [6.07, 6.45) is 0. The van der Waals surface area contributed by atoms with Crippen molar-refractivity contribution in [3.8, 4) is 0 Å². The van der Waals surface area contributed by atoms with Crippen molar-refractivity contribution in [2.45, 2.75) is 19.9 Å². The van der Waals surface area contributed by atoms with E-state index in [1.54, 1.807) is 0 Å². The molecule has 0 radical (unpaired) electrons. The molecule has 8 nitrogen and oxygen atoms in total. The molecule has 0 bridgehead atoms. The lowest BCUT2D eigenvalue weighted by Crippen LogP contribution is -2.38. The van der Waals surface area contributed by atoms with Crippen molar-refractivity contribution in [1.29, 1.82) is 0 Å². The summed E-state index contributed by atoms with van der Waals surface area (Å²) in [5.74, 6) is -2.54. The highest BCUT2D eigenvalue weighted by Gasteiger charge is 2.46. The standard InChI is InChI=1S/C23H24FN3O5/c1-3-25(4-2)13-14-26-20(15-7-11-18(12-8-15)27(31)32)19(22(29)23(26)30)21(28)16-5-9-17(24)10-6-16/h5-12,20,28H,3-4,13-14H2,1-2H3. The van der Waals surface area contributed by atoms with Gasteiger partial charge >= 0.3 is 0 Å². The van der Waals surface area contributed by atoms with Crippen LogP contribution in [0.3, 0.4) is 0 Å². The Morgan fingerprint density at radius 2 is 1.69 bits per heavy atom. The number of nitro benzene ring substituents is 1. The van der Waals surface area contributed by atoms with Crippen LogP contribution in [-0.2, 0) is 9.59 Å². The third-order valence-electron chi connectivity index (χ3n) is 5.63. The van der Waals surface area contributed by atoms with Gasteiger partial charge in [0.15, 0.2) is 0 Å². The van der Waals surface area contributed by atoms with Gasteiger partial charge in [-0.3, -0.25) is 19.7 Å². The van der Waals surface area contributed by atoms with E-state index in [2.05, 4.69) is 4.90 Å². The average Bonchev–Trinajstić information content (AvgIpc) is 3.04. The van der Waals surface area contributed by atoms with Crippen LogP contribution in [0, 0.1) is 15.9 Å². The lowest BCUT2D eigenvalue weighted by Gasteiger charge is -2.28. The van der Waals surface area contributed by atoms with Crippen molar-refractivity contribution in [3.63, 3.8) is 0 Å². The minimum atomic E-state index is -0.920. The largest absolute Gasteiger partial charge is 0.507 e. The summed E-state index contributed by atoms with van der Waals surface area (Å²) in [6, 6.07) is 9.53. The summed E-state index contributed by atoms with van der Waals surface area (Å²) in [5.41, 5.74) is 0.389. The Balaban J connectivity index is 2.10. The molecule has 0 spiro atoms. The van der Waals surface area contributed by atoms with Gasteiger partial charge in [0.1, 0.15) is 11.6 Å². The number of rotatable bonds is 8. The second kappa shape index (κ2) is 9.69. The zero-order chi connectivity index (χ0) is 23.4. The number of hydrogen-bond acceptors (Lipinski definition) is 6.